The topological polar surface area (TPSA) is 26.3 Å². The summed E-state index contributed by atoms with van der Waals surface area (Å²) in [6, 6.07) is 0. The Kier molecular flexibility index (Phi) is 6.56. The minimum atomic E-state index is -5.14. The van der Waals surface area contributed by atoms with Gasteiger partial charge in [-0.3, -0.25) is 0 Å². The van der Waals surface area contributed by atoms with Crippen LogP contribution < -0.4 is 0 Å². The van der Waals surface area contributed by atoms with Crippen LogP contribution >= 0.6 is 0 Å². The molecule has 0 N–H and O–H groups in total. The smallest absolute Gasteiger partial charge is 0.422 e. The lowest BCUT2D eigenvalue weighted by atomic mass is 9.66. The number of unbranched alkanes of at least 4 members (excludes halogenated alkanes) is 1. The van der Waals surface area contributed by atoms with Gasteiger partial charge in [0.2, 0.25) is 0 Å². The Bertz CT molecular complexity index is 664. The Morgan fingerprint density at radius 2 is 1.50 bits per heavy atom. The highest BCUT2D eigenvalue weighted by atomic mass is 19.4. The Balaban J connectivity index is 2.37. The first-order valence-corrected chi connectivity index (χ1v) is 9.56. The number of rotatable bonds is 6. The first-order chi connectivity index (χ1) is 13.4. The number of halogens is 9. The molecular formula is C19H23F9O2. The Labute approximate surface area is 167 Å². The molecule has 0 saturated heterocycles. The van der Waals surface area contributed by atoms with Crippen LogP contribution in [-0.4, -0.2) is 30.1 Å². The van der Waals surface area contributed by atoms with Gasteiger partial charge in [-0.1, -0.05) is 19.9 Å². The molecule has 0 heterocycles. The van der Waals surface area contributed by atoms with E-state index >= 15 is 0 Å². The van der Waals surface area contributed by atoms with Crippen molar-refractivity contribution in [2.75, 3.05) is 0 Å². The first kappa shape index (κ1) is 24.8. The molecule has 0 radical (unpaired) electrons. The molecule has 2 nitrogen and oxygen atoms in total. The monoisotopic (exact) mass is 454 g/mol. The third-order valence-corrected chi connectivity index (χ3v) is 6.49. The van der Waals surface area contributed by atoms with E-state index in [1.807, 2.05) is 0 Å². The van der Waals surface area contributed by atoms with Crippen LogP contribution in [0.15, 0.2) is 12.2 Å². The minimum absolute atomic E-state index is 0.0600. The second-order valence-electron chi connectivity index (χ2n) is 8.42. The standard InChI is InChI=1S/C19H23F9O2/c1-4-5-6-16(3,30-15(29)9(2)17(20,21)22)12-8-10-7-11(12)14(19(26,27)28)13(10)18(23,24)25/h10-14H,2,4-8H2,1,3H3. The quantitative estimate of drug-likeness (QED) is 0.257. The number of carbonyl (C=O) groups excluding carboxylic acids is 1. The number of ether oxygens (including phenoxy) is 1. The summed E-state index contributed by atoms with van der Waals surface area (Å²) < 4.78 is 124. The maximum Gasteiger partial charge on any atom is 0.422 e. The van der Waals surface area contributed by atoms with Crippen LogP contribution in [0.25, 0.3) is 0 Å². The van der Waals surface area contributed by atoms with E-state index in [1.54, 1.807) is 6.92 Å². The van der Waals surface area contributed by atoms with E-state index in [2.05, 4.69) is 6.58 Å². The zero-order valence-corrected chi connectivity index (χ0v) is 16.3. The summed E-state index contributed by atoms with van der Waals surface area (Å²) in [5.74, 6) is -11.0. The van der Waals surface area contributed by atoms with E-state index in [-0.39, 0.29) is 19.3 Å². The minimum Gasteiger partial charge on any atom is -0.455 e. The summed E-state index contributed by atoms with van der Waals surface area (Å²) in [6.07, 6.45) is -15.2. The van der Waals surface area contributed by atoms with Crippen molar-refractivity contribution in [3.63, 3.8) is 0 Å². The van der Waals surface area contributed by atoms with Gasteiger partial charge >= 0.3 is 24.5 Å². The normalized spacial score (nSPS) is 31.5. The third kappa shape index (κ3) is 4.74. The molecule has 2 saturated carbocycles. The lowest BCUT2D eigenvalue weighted by Gasteiger charge is -2.45. The molecule has 0 aliphatic heterocycles. The Hall–Kier alpha value is -1.42. The number of carbonyl (C=O) groups is 1. The average molecular weight is 454 g/mol. The van der Waals surface area contributed by atoms with Crippen molar-refractivity contribution >= 4 is 5.97 Å². The van der Waals surface area contributed by atoms with Gasteiger partial charge in [0, 0.05) is 5.92 Å². The van der Waals surface area contributed by atoms with Crippen molar-refractivity contribution in [1.82, 2.24) is 0 Å². The zero-order chi connectivity index (χ0) is 23.3. The van der Waals surface area contributed by atoms with Gasteiger partial charge in [0.25, 0.3) is 0 Å². The van der Waals surface area contributed by atoms with E-state index in [4.69, 9.17) is 4.74 Å². The average Bonchev–Trinajstić information content (AvgIpc) is 3.16. The summed E-state index contributed by atoms with van der Waals surface area (Å²) in [7, 11) is 0. The first-order valence-electron chi connectivity index (χ1n) is 9.56. The highest BCUT2D eigenvalue weighted by Gasteiger charge is 2.71. The number of hydrogen-bond acceptors (Lipinski definition) is 2. The van der Waals surface area contributed by atoms with Gasteiger partial charge in [-0.05, 0) is 44.4 Å². The summed E-state index contributed by atoms with van der Waals surface area (Å²) in [5, 5.41) is 0. The van der Waals surface area contributed by atoms with E-state index in [9.17, 15) is 44.3 Å². The van der Waals surface area contributed by atoms with Gasteiger partial charge in [-0.2, -0.15) is 39.5 Å². The van der Waals surface area contributed by atoms with Crippen LogP contribution in [0.5, 0.6) is 0 Å². The van der Waals surface area contributed by atoms with Crippen molar-refractivity contribution in [2.45, 2.75) is 70.1 Å². The molecule has 2 fully saturated rings. The van der Waals surface area contributed by atoms with Crippen LogP contribution in [0.4, 0.5) is 39.5 Å². The molecule has 174 valence electrons. The number of hydrogen-bond donors (Lipinski definition) is 0. The molecule has 2 aliphatic rings. The second kappa shape index (κ2) is 7.93. The predicted molar refractivity (Wildman–Crippen MR) is 88.0 cm³/mol. The molecule has 6 unspecified atom stereocenters. The molecule has 11 heteroatoms. The molecule has 30 heavy (non-hydrogen) atoms. The molecule has 0 spiro atoms. The summed E-state index contributed by atoms with van der Waals surface area (Å²) in [4.78, 5) is 12.0. The summed E-state index contributed by atoms with van der Waals surface area (Å²) in [5.41, 5.74) is -3.57. The molecule has 2 bridgehead atoms. The van der Waals surface area contributed by atoms with Crippen LogP contribution in [0, 0.1) is 29.6 Å². The molecule has 6 atom stereocenters. The van der Waals surface area contributed by atoms with Crippen LogP contribution in [0.2, 0.25) is 0 Å². The lowest BCUT2D eigenvalue weighted by molar-refractivity contribution is -0.275. The van der Waals surface area contributed by atoms with Crippen molar-refractivity contribution in [2.24, 2.45) is 29.6 Å². The van der Waals surface area contributed by atoms with E-state index in [0.717, 1.165) is 0 Å². The molecule has 2 rings (SSSR count). The zero-order valence-electron chi connectivity index (χ0n) is 16.3. The lowest BCUT2D eigenvalue weighted by Crippen LogP contribution is -2.51. The highest BCUT2D eigenvalue weighted by molar-refractivity contribution is 5.89. The molecule has 0 aromatic rings. The molecular weight excluding hydrogens is 431 g/mol. The second-order valence-corrected chi connectivity index (χ2v) is 8.42. The van der Waals surface area contributed by atoms with Crippen molar-refractivity contribution in [3.8, 4) is 0 Å². The molecule has 0 aromatic heterocycles. The fourth-order valence-electron chi connectivity index (χ4n) is 5.21. The van der Waals surface area contributed by atoms with Crippen molar-refractivity contribution < 1.29 is 49.0 Å². The number of alkyl halides is 9. The Morgan fingerprint density at radius 3 is 1.93 bits per heavy atom. The Morgan fingerprint density at radius 1 is 0.967 bits per heavy atom. The summed E-state index contributed by atoms with van der Waals surface area (Å²) in [6.45, 7) is 5.57. The van der Waals surface area contributed by atoms with Gasteiger partial charge in [0.15, 0.2) is 0 Å². The molecule has 2 aliphatic carbocycles. The van der Waals surface area contributed by atoms with Crippen LogP contribution in [0.1, 0.15) is 46.0 Å². The van der Waals surface area contributed by atoms with Gasteiger partial charge in [-0.15, -0.1) is 0 Å². The van der Waals surface area contributed by atoms with Gasteiger partial charge in [-0.25, -0.2) is 4.79 Å². The largest absolute Gasteiger partial charge is 0.455 e. The van der Waals surface area contributed by atoms with Gasteiger partial charge in [0.1, 0.15) is 11.2 Å². The fourth-order valence-corrected chi connectivity index (χ4v) is 5.21. The van der Waals surface area contributed by atoms with E-state index in [0.29, 0.717) is 12.8 Å². The SMILES string of the molecule is C=C(C(=O)OC(C)(CCCC)C1CC2CC1C(C(F)(F)F)C2C(F)(F)F)C(F)(F)F. The van der Waals surface area contributed by atoms with Gasteiger partial charge in [0.05, 0.1) is 11.8 Å². The van der Waals surface area contributed by atoms with Crippen LogP contribution in [0.3, 0.4) is 0 Å². The maximum atomic E-state index is 13.6. The predicted octanol–water partition coefficient (Wildman–Crippen LogP) is 6.61. The fraction of sp³-hybridized carbons (Fsp3) is 0.842. The number of esters is 1. The molecule has 0 amide bonds. The van der Waals surface area contributed by atoms with E-state index < -0.39 is 65.3 Å². The third-order valence-electron chi connectivity index (χ3n) is 6.49. The molecule has 0 aromatic carbocycles. The number of fused-ring (bicyclic) bond motifs is 2. The van der Waals surface area contributed by atoms with Crippen LogP contribution in [-0.2, 0) is 9.53 Å². The highest BCUT2D eigenvalue weighted by Crippen LogP contribution is 2.66. The maximum absolute atomic E-state index is 13.6. The van der Waals surface area contributed by atoms with Gasteiger partial charge < -0.3 is 4.74 Å². The van der Waals surface area contributed by atoms with E-state index in [1.165, 1.54) is 6.92 Å². The van der Waals surface area contributed by atoms with Crippen molar-refractivity contribution in [1.29, 1.82) is 0 Å². The summed E-state index contributed by atoms with van der Waals surface area (Å²) >= 11 is 0. The van der Waals surface area contributed by atoms with Crippen molar-refractivity contribution in [3.05, 3.63) is 12.2 Å².